The molecule has 2 N–H and O–H groups in total. The first-order chi connectivity index (χ1) is 9.75. The summed E-state index contributed by atoms with van der Waals surface area (Å²) in [5.41, 5.74) is 7.99. The van der Waals surface area contributed by atoms with Crippen LogP contribution in [-0.4, -0.2) is 14.5 Å². The first kappa shape index (κ1) is 13.6. The van der Waals surface area contributed by atoms with E-state index < -0.39 is 0 Å². The molecule has 3 nitrogen and oxygen atoms in total. The van der Waals surface area contributed by atoms with E-state index in [-0.39, 0.29) is 0 Å². The largest absolute Gasteiger partial charge is 0.393 e. The van der Waals surface area contributed by atoms with Gasteiger partial charge in [0.1, 0.15) is 5.82 Å². The van der Waals surface area contributed by atoms with E-state index in [1.807, 2.05) is 0 Å². The molecular formula is C16H21N3S. The topological polar surface area (TPSA) is 43.8 Å². The Morgan fingerprint density at radius 1 is 1.25 bits per heavy atom. The SMILES string of the molecule is NC(=S)CCn1c(C2CCCCC2)nc2ccccc21. The summed E-state index contributed by atoms with van der Waals surface area (Å²) in [6.45, 7) is 0.849. The Labute approximate surface area is 125 Å². The number of nitrogens with two attached hydrogens (primary N) is 1. The quantitative estimate of drug-likeness (QED) is 0.871. The first-order valence-electron chi connectivity index (χ1n) is 7.49. The Bertz CT molecular complexity index is 611. The van der Waals surface area contributed by atoms with Crippen LogP contribution in [-0.2, 0) is 6.54 Å². The van der Waals surface area contributed by atoms with E-state index in [1.54, 1.807) is 0 Å². The van der Waals surface area contributed by atoms with Gasteiger partial charge >= 0.3 is 0 Å². The summed E-state index contributed by atoms with van der Waals surface area (Å²) in [5.74, 6) is 1.84. The Morgan fingerprint density at radius 3 is 2.75 bits per heavy atom. The predicted molar refractivity (Wildman–Crippen MR) is 87.0 cm³/mol. The summed E-state index contributed by atoms with van der Waals surface area (Å²) in [7, 11) is 0. The van der Waals surface area contributed by atoms with Gasteiger partial charge in [0.2, 0.25) is 0 Å². The fraction of sp³-hybridized carbons (Fsp3) is 0.500. The second kappa shape index (κ2) is 5.92. The first-order valence-corrected chi connectivity index (χ1v) is 7.90. The van der Waals surface area contributed by atoms with Crippen LogP contribution in [0.4, 0.5) is 0 Å². The summed E-state index contributed by atoms with van der Waals surface area (Å²) in [6.07, 6.45) is 7.28. The molecule has 20 heavy (non-hydrogen) atoms. The van der Waals surface area contributed by atoms with Crippen LogP contribution in [0, 0.1) is 0 Å². The maximum atomic E-state index is 5.68. The van der Waals surface area contributed by atoms with Crippen LogP contribution < -0.4 is 5.73 Å². The highest BCUT2D eigenvalue weighted by Gasteiger charge is 2.22. The molecule has 0 aliphatic heterocycles. The lowest BCUT2D eigenvalue weighted by Crippen LogP contribution is -2.16. The minimum Gasteiger partial charge on any atom is -0.393 e. The van der Waals surface area contributed by atoms with Gasteiger partial charge in [0.05, 0.1) is 16.0 Å². The monoisotopic (exact) mass is 287 g/mol. The van der Waals surface area contributed by atoms with Crippen molar-refractivity contribution in [3.05, 3.63) is 30.1 Å². The fourth-order valence-electron chi connectivity index (χ4n) is 3.22. The molecule has 0 saturated heterocycles. The number of aryl methyl sites for hydroxylation is 1. The molecule has 1 aliphatic rings. The average Bonchev–Trinajstić information content (AvgIpc) is 2.84. The van der Waals surface area contributed by atoms with Gasteiger partial charge in [-0.2, -0.15) is 0 Å². The minimum absolute atomic E-state index is 0.581. The number of fused-ring (bicyclic) bond motifs is 1. The minimum atomic E-state index is 0.581. The zero-order valence-corrected chi connectivity index (χ0v) is 12.5. The number of hydrogen-bond acceptors (Lipinski definition) is 2. The van der Waals surface area contributed by atoms with E-state index in [9.17, 15) is 0 Å². The van der Waals surface area contributed by atoms with Gasteiger partial charge in [-0.15, -0.1) is 0 Å². The van der Waals surface area contributed by atoms with E-state index in [4.69, 9.17) is 22.9 Å². The van der Waals surface area contributed by atoms with Crippen molar-refractivity contribution < 1.29 is 0 Å². The Hall–Kier alpha value is -1.42. The highest BCUT2D eigenvalue weighted by Crippen LogP contribution is 2.33. The van der Waals surface area contributed by atoms with Crippen LogP contribution >= 0.6 is 12.2 Å². The Morgan fingerprint density at radius 2 is 2.00 bits per heavy atom. The number of aromatic nitrogens is 2. The average molecular weight is 287 g/mol. The molecule has 1 heterocycles. The molecule has 1 aromatic heterocycles. The smallest absolute Gasteiger partial charge is 0.113 e. The standard InChI is InChI=1S/C16H21N3S/c17-15(20)10-11-19-14-9-5-4-8-13(14)18-16(19)12-6-2-1-3-7-12/h4-5,8-9,12H,1-3,6-7,10-11H2,(H2,17,20). The molecule has 0 bridgehead atoms. The number of thiocarbonyl (C=S) groups is 1. The van der Waals surface area contributed by atoms with Gasteiger partial charge in [-0.3, -0.25) is 0 Å². The molecule has 4 heteroatoms. The number of rotatable bonds is 4. The summed E-state index contributed by atoms with van der Waals surface area (Å²) in [4.78, 5) is 5.47. The van der Waals surface area contributed by atoms with Crippen LogP contribution in [0.5, 0.6) is 0 Å². The van der Waals surface area contributed by atoms with Crippen molar-refractivity contribution in [2.75, 3.05) is 0 Å². The molecule has 1 fully saturated rings. The van der Waals surface area contributed by atoms with E-state index >= 15 is 0 Å². The van der Waals surface area contributed by atoms with Gasteiger partial charge in [0, 0.05) is 18.9 Å². The van der Waals surface area contributed by atoms with Gasteiger partial charge in [0.15, 0.2) is 0 Å². The third kappa shape index (κ3) is 2.70. The van der Waals surface area contributed by atoms with Gasteiger partial charge in [0.25, 0.3) is 0 Å². The van der Waals surface area contributed by atoms with Crippen LogP contribution in [0.3, 0.4) is 0 Å². The molecule has 106 valence electrons. The molecule has 0 amide bonds. The highest BCUT2D eigenvalue weighted by molar-refractivity contribution is 7.80. The normalized spacial score (nSPS) is 16.6. The fourth-order valence-corrected chi connectivity index (χ4v) is 3.31. The van der Waals surface area contributed by atoms with Crippen molar-refractivity contribution >= 4 is 28.2 Å². The zero-order chi connectivity index (χ0) is 13.9. The van der Waals surface area contributed by atoms with Crippen LogP contribution in [0.15, 0.2) is 24.3 Å². The molecule has 1 aromatic carbocycles. The predicted octanol–water partition coefficient (Wildman–Crippen LogP) is 3.76. The molecule has 0 atom stereocenters. The van der Waals surface area contributed by atoms with Crippen LogP contribution in [0.2, 0.25) is 0 Å². The van der Waals surface area contributed by atoms with Crippen molar-refractivity contribution in [3.63, 3.8) is 0 Å². The van der Waals surface area contributed by atoms with Crippen molar-refractivity contribution in [3.8, 4) is 0 Å². The van der Waals surface area contributed by atoms with E-state index in [0.717, 1.165) is 18.5 Å². The summed E-state index contributed by atoms with van der Waals surface area (Å²) in [6, 6.07) is 8.37. The lowest BCUT2D eigenvalue weighted by atomic mass is 9.88. The third-order valence-corrected chi connectivity index (χ3v) is 4.44. The second-order valence-corrected chi connectivity index (χ2v) is 6.19. The van der Waals surface area contributed by atoms with E-state index in [1.165, 1.54) is 43.4 Å². The Kier molecular flexibility index (Phi) is 4.01. The highest BCUT2D eigenvalue weighted by atomic mass is 32.1. The lowest BCUT2D eigenvalue weighted by molar-refractivity contribution is 0.417. The van der Waals surface area contributed by atoms with Crippen LogP contribution in [0.1, 0.15) is 50.3 Å². The maximum Gasteiger partial charge on any atom is 0.113 e. The molecule has 3 rings (SSSR count). The summed E-state index contributed by atoms with van der Waals surface area (Å²) < 4.78 is 2.34. The van der Waals surface area contributed by atoms with Crippen LogP contribution in [0.25, 0.3) is 11.0 Å². The molecule has 0 unspecified atom stereocenters. The van der Waals surface area contributed by atoms with Crippen molar-refractivity contribution in [1.82, 2.24) is 9.55 Å². The van der Waals surface area contributed by atoms with Gasteiger partial charge in [-0.25, -0.2) is 4.98 Å². The maximum absolute atomic E-state index is 5.68. The number of imidazole rings is 1. The lowest BCUT2D eigenvalue weighted by Gasteiger charge is -2.22. The van der Waals surface area contributed by atoms with Gasteiger partial charge in [-0.1, -0.05) is 43.6 Å². The molecule has 1 saturated carbocycles. The molecule has 0 spiro atoms. The van der Waals surface area contributed by atoms with E-state index in [0.29, 0.717) is 10.9 Å². The van der Waals surface area contributed by atoms with Crippen molar-refractivity contribution in [2.45, 2.75) is 51.0 Å². The molecule has 0 radical (unpaired) electrons. The number of benzene rings is 1. The molecule has 2 aromatic rings. The van der Waals surface area contributed by atoms with E-state index in [2.05, 4.69) is 28.8 Å². The summed E-state index contributed by atoms with van der Waals surface area (Å²) in [5, 5.41) is 0. The van der Waals surface area contributed by atoms with Gasteiger partial charge < -0.3 is 10.3 Å². The number of hydrogen-bond donors (Lipinski definition) is 1. The number of nitrogens with zero attached hydrogens (tertiary/aromatic N) is 2. The van der Waals surface area contributed by atoms with Crippen molar-refractivity contribution in [1.29, 1.82) is 0 Å². The van der Waals surface area contributed by atoms with Crippen molar-refractivity contribution in [2.24, 2.45) is 5.73 Å². The second-order valence-electron chi connectivity index (χ2n) is 5.66. The zero-order valence-electron chi connectivity index (χ0n) is 11.7. The molecule has 1 aliphatic carbocycles. The summed E-state index contributed by atoms with van der Waals surface area (Å²) >= 11 is 5.04. The van der Waals surface area contributed by atoms with Gasteiger partial charge in [-0.05, 0) is 25.0 Å². The molecular weight excluding hydrogens is 266 g/mol. The number of para-hydroxylation sites is 2. The third-order valence-electron chi connectivity index (χ3n) is 4.24. The Balaban J connectivity index is 1.99.